The summed E-state index contributed by atoms with van der Waals surface area (Å²) in [5.74, 6) is 0.101. The molecule has 0 fully saturated rings. The van der Waals surface area contributed by atoms with Crippen molar-refractivity contribution in [3.63, 3.8) is 0 Å². The predicted octanol–water partition coefficient (Wildman–Crippen LogP) is 4.47. The van der Waals surface area contributed by atoms with E-state index in [4.69, 9.17) is 4.74 Å². The first kappa shape index (κ1) is 20.1. The van der Waals surface area contributed by atoms with Gasteiger partial charge in [-0.1, -0.05) is 19.9 Å². The Morgan fingerprint density at radius 3 is 2.68 bits per heavy atom. The summed E-state index contributed by atoms with van der Waals surface area (Å²) in [4.78, 5) is 23.8. The topological polar surface area (TPSA) is 55.4 Å². The molecule has 1 N–H and O–H groups in total. The van der Waals surface area contributed by atoms with Gasteiger partial charge in [0.05, 0.1) is 6.54 Å². The second-order valence-corrected chi connectivity index (χ2v) is 7.55. The maximum absolute atomic E-state index is 14.6. The van der Waals surface area contributed by atoms with Crippen molar-refractivity contribution < 1.29 is 18.7 Å². The summed E-state index contributed by atoms with van der Waals surface area (Å²) in [5.41, 5.74) is 3.45. The van der Waals surface area contributed by atoms with Gasteiger partial charge in [0, 0.05) is 29.0 Å². The minimum absolute atomic E-state index is 0.0127. The maximum atomic E-state index is 14.6. The number of amides is 1. The van der Waals surface area contributed by atoms with E-state index < -0.39 is 5.82 Å². The number of aryl methyl sites for hydroxylation is 1. The van der Waals surface area contributed by atoms with Crippen molar-refractivity contribution in [2.75, 3.05) is 6.54 Å². The number of Topliss-reactive ketones (excluding diaryl/α,β-unsaturated/α-hetero) is 1. The first-order chi connectivity index (χ1) is 13.3. The van der Waals surface area contributed by atoms with Crippen molar-refractivity contribution >= 4 is 11.7 Å². The largest absolute Gasteiger partial charge is 0.487 e. The fourth-order valence-corrected chi connectivity index (χ4v) is 3.43. The van der Waals surface area contributed by atoms with E-state index in [9.17, 15) is 14.0 Å². The van der Waals surface area contributed by atoms with Gasteiger partial charge in [0.15, 0.2) is 5.78 Å². The van der Waals surface area contributed by atoms with E-state index in [-0.39, 0.29) is 23.7 Å². The highest BCUT2D eigenvalue weighted by Gasteiger charge is 2.28. The zero-order valence-electron chi connectivity index (χ0n) is 16.8. The van der Waals surface area contributed by atoms with Gasteiger partial charge < -0.3 is 10.1 Å². The molecule has 148 valence electrons. The van der Waals surface area contributed by atoms with Crippen LogP contribution in [0.2, 0.25) is 0 Å². The predicted molar refractivity (Wildman–Crippen MR) is 107 cm³/mol. The lowest BCUT2D eigenvalue weighted by molar-refractivity contribution is -0.124. The number of hydrogen-bond acceptors (Lipinski definition) is 3. The summed E-state index contributed by atoms with van der Waals surface area (Å²) < 4.78 is 20.7. The molecule has 2 unspecified atom stereocenters. The standard InChI is InChI=1S/C23H26FNO3/c1-5-14(3)23(27)25-12-18-10-17-8-13(2)9-20(22(17)28-18)19-11-16(15(4)26)6-7-21(19)24/h6-9,11,14,18H,5,10,12H2,1-4H3,(H,25,27). The number of halogens is 1. The SMILES string of the molecule is CCC(C)C(=O)NCC1Cc2cc(C)cc(-c3cc(C(C)=O)ccc3F)c2O1. The van der Waals surface area contributed by atoms with Gasteiger partial charge in [-0.25, -0.2) is 4.39 Å². The van der Waals surface area contributed by atoms with Crippen LogP contribution in [-0.4, -0.2) is 24.3 Å². The number of hydrogen-bond donors (Lipinski definition) is 1. The van der Waals surface area contributed by atoms with Gasteiger partial charge in [-0.3, -0.25) is 9.59 Å². The Kier molecular flexibility index (Phi) is 5.82. The molecular formula is C23H26FNO3. The molecular weight excluding hydrogens is 357 g/mol. The zero-order valence-corrected chi connectivity index (χ0v) is 16.8. The highest BCUT2D eigenvalue weighted by Crippen LogP contribution is 2.41. The second-order valence-electron chi connectivity index (χ2n) is 7.55. The Labute approximate surface area is 165 Å². The molecule has 5 heteroatoms. The molecule has 0 aromatic heterocycles. The van der Waals surface area contributed by atoms with E-state index in [1.807, 2.05) is 32.9 Å². The minimum Gasteiger partial charge on any atom is -0.487 e. The van der Waals surface area contributed by atoms with Crippen molar-refractivity contribution in [3.8, 4) is 16.9 Å². The average Bonchev–Trinajstić information content (AvgIpc) is 3.07. The van der Waals surface area contributed by atoms with Gasteiger partial charge in [0.25, 0.3) is 0 Å². The molecule has 0 aliphatic carbocycles. The minimum atomic E-state index is -0.394. The number of carbonyl (C=O) groups excluding carboxylic acids is 2. The van der Waals surface area contributed by atoms with Crippen LogP contribution in [-0.2, 0) is 11.2 Å². The third-order valence-corrected chi connectivity index (χ3v) is 5.27. The molecule has 2 aromatic carbocycles. The molecule has 0 saturated carbocycles. The Morgan fingerprint density at radius 2 is 2.00 bits per heavy atom. The smallest absolute Gasteiger partial charge is 0.222 e. The van der Waals surface area contributed by atoms with Crippen LogP contribution in [0.4, 0.5) is 4.39 Å². The summed E-state index contributed by atoms with van der Waals surface area (Å²) >= 11 is 0. The fourth-order valence-electron chi connectivity index (χ4n) is 3.43. The van der Waals surface area contributed by atoms with Crippen LogP contribution in [0, 0.1) is 18.7 Å². The number of ether oxygens (including phenoxy) is 1. The van der Waals surface area contributed by atoms with Crippen molar-refractivity contribution in [2.24, 2.45) is 5.92 Å². The number of rotatable bonds is 6. The highest BCUT2D eigenvalue weighted by molar-refractivity contribution is 5.95. The van der Waals surface area contributed by atoms with Crippen LogP contribution in [0.5, 0.6) is 5.75 Å². The van der Waals surface area contributed by atoms with Gasteiger partial charge in [-0.15, -0.1) is 0 Å². The average molecular weight is 383 g/mol. The molecule has 0 bridgehead atoms. The summed E-state index contributed by atoms with van der Waals surface area (Å²) in [7, 11) is 0. The van der Waals surface area contributed by atoms with Crippen molar-refractivity contribution in [1.29, 1.82) is 0 Å². The number of ketones is 1. The van der Waals surface area contributed by atoms with E-state index in [1.165, 1.54) is 19.1 Å². The van der Waals surface area contributed by atoms with Crippen LogP contribution in [0.25, 0.3) is 11.1 Å². The maximum Gasteiger partial charge on any atom is 0.222 e. The lowest BCUT2D eigenvalue weighted by Gasteiger charge is -2.16. The molecule has 3 rings (SSSR count). The van der Waals surface area contributed by atoms with E-state index in [2.05, 4.69) is 5.32 Å². The summed E-state index contributed by atoms with van der Waals surface area (Å²) in [6, 6.07) is 8.29. The quantitative estimate of drug-likeness (QED) is 0.749. The van der Waals surface area contributed by atoms with Crippen LogP contribution >= 0.6 is 0 Å². The Hall–Kier alpha value is -2.69. The lowest BCUT2D eigenvalue weighted by Crippen LogP contribution is -2.37. The number of carbonyl (C=O) groups is 2. The van der Waals surface area contributed by atoms with Crippen molar-refractivity contribution in [2.45, 2.75) is 46.6 Å². The second kappa shape index (κ2) is 8.13. The van der Waals surface area contributed by atoms with E-state index in [0.29, 0.717) is 35.4 Å². The summed E-state index contributed by atoms with van der Waals surface area (Å²) in [6.45, 7) is 7.70. The molecule has 1 amide bonds. The van der Waals surface area contributed by atoms with E-state index >= 15 is 0 Å². The third-order valence-electron chi connectivity index (χ3n) is 5.27. The molecule has 0 saturated heterocycles. The van der Waals surface area contributed by atoms with E-state index in [1.54, 1.807) is 6.07 Å². The molecule has 28 heavy (non-hydrogen) atoms. The number of fused-ring (bicyclic) bond motifs is 1. The Bertz CT molecular complexity index is 922. The summed E-state index contributed by atoms with van der Waals surface area (Å²) in [5, 5.41) is 2.94. The number of nitrogens with one attached hydrogen (secondary N) is 1. The van der Waals surface area contributed by atoms with Gasteiger partial charge >= 0.3 is 0 Å². The third kappa shape index (κ3) is 4.08. The zero-order chi connectivity index (χ0) is 20.4. The van der Waals surface area contributed by atoms with Crippen LogP contribution < -0.4 is 10.1 Å². The Morgan fingerprint density at radius 1 is 1.25 bits per heavy atom. The van der Waals surface area contributed by atoms with Crippen molar-refractivity contribution in [1.82, 2.24) is 5.32 Å². The van der Waals surface area contributed by atoms with Gasteiger partial charge in [0.1, 0.15) is 17.7 Å². The van der Waals surface area contributed by atoms with Crippen LogP contribution in [0.15, 0.2) is 30.3 Å². The van der Waals surface area contributed by atoms with Gasteiger partial charge in [0.2, 0.25) is 5.91 Å². The monoisotopic (exact) mass is 383 g/mol. The molecule has 1 aliphatic heterocycles. The molecule has 2 atom stereocenters. The van der Waals surface area contributed by atoms with Crippen molar-refractivity contribution in [3.05, 3.63) is 52.8 Å². The summed E-state index contributed by atoms with van der Waals surface area (Å²) in [6.07, 6.45) is 1.24. The molecule has 1 aliphatic rings. The lowest BCUT2D eigenvalue weighted by atomic mass is 9.95. The molecule has 0 radical (unpaired) electrons. The van der Waals surface area contributed by atoms with Gasteiger partial charge in [-0.2, -0.15) is 0 Å². The highest BCUT2D eigenvalue weighted by atomic mass is 19.1. The molecule has 4 nitrogen and oxygen atoms in total. The van der Waals surface area contributed by atoms with Crippen LogP contribution in [0.3, 0.4) is 0 Å². The Balaban J connectivity index is 1.88. The first-order valence-electron chi connectivity index (χ1n) is 9.68. The van der Waals surface area contributed by atoms with E-state index in [0.717, 1.165) is 17.5 Å². The first-order valence-corrected chi connectivity index (χ1v) is 9.68. The molecule has 0 spiro atoms. The molecule has 2 aromatic rings. The number of benzene rings is 2. The normalized spacial score (nSPS) is 16.2. The fraction of sp³-hybridized carbons (Fsp3) is 0.391. The van der Waals surface area contributed by atoms with Crippen LogP contribution in [0.1, 0.15) is 48.7 Å². The van der Waals surface area contributed by atoms with Gasteiger partial charge in [-0.05, 0) is 55.7 Å². The molecule has 1 heterocycles.